The molecule has 0 spiro atoms. The molecule has 8 heteroatoms. The van der Waals surface area contributed by atoms with Gasteiger partial charge in [0.1, 0.15) is 12.4 Å². The van der Waals surface area contributed by atoms with Crippen LogP contribution in [0.4, 0.5) is 10.1 Å². The minimum atomic E-state index is -0.208. The molecule has 1 fully saturated rings. The summed E-state index contributed by atoms with van der Waals surface area (Å²) in [6.45, 7) is 8.38. The van der Waals surface area contributed by atoms with Crippen molar-refractivity contribution >= 4 is 11.6 Å². The van der Waals surface area contributed by atoms with Crippen LogP contribution in [0.3, 0.4) is 0 Å². The summed E-state index contributed by atoms with van der Waals surface area (Å²) in [6, 6.07) is 6.64. The molecular weight excluding hydrogens is 323 g/mol. The van der Waals surface area contributed by atoms with Crippen molar-refractivity contribution in [3.05, 3.63) is 41.8 Å². The molecule has 2 aromatic rings. The molecule has 0 atom stereocenters. The Balaban J connectivity index is 1.60. The van der Waals surface area contributed by atoms with Gasteiger partial charge >= 0.3 is 0 Å². The van der Waals surface area contributed by atoms with Gasteiger partial charge in [0, 0.05) is 38.4 Å². The van der Waals surface area contributed by atoms with E-state index in [4.69, 9.17) is 4.52 Å². The Hall–Kier alpha value is -2.64. The van der Waals surface area contributed by atoms with Crippen LogP contribution in [0.2, 0.25) is 0 Å². The fraction of sp³-hybridized carbons (Fsp3) is 0.471. The molecule has 1 aromatic heterocycles. The van der Waals surface area contributed by atoms with E-state index in [1.807, 2.05) is 19.1 Å². The summed E-state index contributed by atoms with van der Waals surface area (Å²) in [5, 5.41) is 7.09. The van der Waals surface area contributed by atoms with Crippen molar-refractivity contribution in [1.29, 1.82) is 0 Å². The van der Waals surface area contributed by atoms with E-state index in [2.05, 4.69) is 30.2 Å². The standard InChI is InChI=1S/C17H23FN6O/c1-3-19-17(20-12-16-21-13(2)22-25-16)24-10-8-23(9-11-24)15-6-4-14(18)5-7-15/h4-7H,3,8-12H2,1-2H3,(H,19,20). The lowest BCUT2D eigenvalue weighted by Gasteiger charge is -2.37. The molecule has 25 heavy (non-hydrogen) atoms. The topological polar surface area (TPSA) is 69.8 Å². The molecule has 0 unspecified atom stereocenters. The number of hydrogen-bond donors (Lipinski definition) is 1. The van der Waals surface area contributed by atoms with E-state index in [1.165, 1.54) is 12.1 Å². The van der Waals surface area contributed by atoms with Crippen LogP contribution in [0, 0.1) is 12.7 Å². The quantitative estimate of drug-likeness (QED) is 0.673. The molecule has 0 radical (unpaired) electrons. The third-order valence-electron chi connectivity index (χ3n) is 4.04. The summed E-state index contributed by atoms with van der Waals surface area (Å²) in [4.78, 5) is 13.2. The smallest absolute Gasteiger partial charge is 0.248 e. The summed E-state index contributed by atoms with van der Waals surface area (Å²) in [7, 11) is 0. The van der Waals surface area contributed by atoms with Gasteiger partial charge in [-0.1, -0.05) is 5.16 Å². The maximum atomic E-state index is 13.1. The maximum Gasteiger partial charge on any atom is 0.248 e. The Kier molecular flexibility index (Phi) is 5.47. The zero-order valence-electron chi connectivity index (χ0n) is 14.6. The molecule has 0 aliphatic carbocycles. The predicted octanol–water partition coefficient (Wildman–Crippen LogP) is 1.80. The molecule has 1 aromatic carbocycles. The predicted molar refractivity (Wildman–Crippen MR) is 94.0 cm³/mol. The lowest BCUT2D eigenvalue weighted by atomic mass is 10.2. The number of rotatable bonds is 4. The molecule has 0 bridgehead atoms. The van der Waals surface area contributed by atoms with Crippen molar-refractivity contribution in [2.45, 2.75) is 20.4 Å². The van der Waals surface area contributed by atoms with Crippen LogP contribution in [0.5, 0.6) is 0 Å². The van der Waals surface area contributed by atoms with Crippen LogP contribution in [0.25, 0.3) is 0 Å². The molecule has 1 saturated heterocycles. The Bertz CT molecular complexity index is 706. The summed E-state index contributed by atoms with van der Waals surface area (Å²) >= 11 is 0. The molecular formula is C17H23FN6O. The van der Waals surface area contributed by atoms with Crippen LogP contribution in [-0.2, 0) is 6.54 Å². The summed E-state index contributed by atoms with van der Waals surface area (Å²) in [5.41, 5.74) is 1.05. The van der Waals surface area contributed by atoms with Gasteiger partial charge in [0.05, 0.1) is 0 Å². The zero-order chi connectivity index (χ0) is 17.6. The van der Waals surface area contributed by atoms with Crippen LogP contribution in [0.1, 0.15) is 18.6 Å². The van der Waals surface area contributed by atoms with E-state index in [1.54, 1.807) is 6.92 Å². The van der Waals surface area contributed by atoms with Crippen LogP contribution < -0.4 is 10.2 Å². The van der Waals surface area contributed by atoms with Gasteiger partial charge in [0.25, 0.3) is 0 Å². The number of nitrogens with zero attached hydrogens (tertiary/aromatic N) is 5. The number of aromatic nitrogens is 2. The van der Waals surface area contributed by atoms with Crippen molar-refractivity contribution in [2.75, 3.05) is 37.6 Å². The van der Waals surface area contributed by atoms with E-state index in [0.29, 0.717) is 18.3 Å². The first-order chi connectivity index (χ1) is 12.2. The number of halogens is 1. The second-order valence-corrected chi connectivity index (χ2v) is 5.86. The fourth-order valence-electron chi connectivity index (χ4n) is 2.80. The lowest BCUT2D eigenvalue weighted by Crippen LogP contribution is -2.52. The zero-order valence-corrected chi connectivity index (χ0v) is 14.6. The van der Waals surface area contributed by atoms with E-state index in [0.717, 1.165) is 44.4 Å². The first kappa shape index (κ1) is 17.2. The Morgan fingerprint density at radius 3 is 2.56 bits per heavy atom. The molecule has 7 nitrogen and oxygen atoms in total. The first-order valence-corrected chi connectivity index (χ1v) is 8.48. The van der Waals surface area contributed by atoms with Gasteiger partial charge in [-0.15, -0.1) is 0 Å². The van der Waals surface area contributed by atoms with Crippen LogP contribution in [-0.4, -0.2) is 53.7 Å². The fourth-order valence-corrected chi connectivity index (χ4v) is 2.80. The van der Waals surface area contributed by atoms with Crippen molar-refractivity contribution in [1.82, 2.24) is 20.4 Å². The van der Waals surface area contributed by atoms with Crippen molar-refractivity contribution < 1.29 is 8.91 Å². The molecule has 3 rings (SSSR count). The van der Waals surface area contributed by atoms with E-state index in [9.17, 15) is 4.39 Å². The number of benzene rings is 1. The van der Waals surface area contributed by atoms with Gasteiger partial charge in [-0.25, -0.2) is 9.38 Å². The monoisotopic (exact) mass is 346 g/mol. The minimum Gasteiger partial charge on any atom is -0.368 e. The normalized spacial score (nSPS) is 15.6. The van der Waals surface area contributed by atoms with Gasteiger partial charge in [0.2, 0.25) is 5.89 Å². The molecule has 0 saturated carbocycles. The number of anilines is 1. The average Bonchev–Trinajstić information content (AvgIpc) is 3.05. The second-order valence-electron chi connectivity index (χ2n) is 5.86. The number of nitrogens with one attached hydrogen (secondary N) is 1. The number of piperazine rings is 1. The number of aryl methyl sites for hydroxylation is 1. The molecule has 2 heterocycles. The Labute approximate surface area is 146 Å². The Morgan fingerprint density at radius 1 is 1.24 bits per heavy atom. The van der Waals surface area contributed by atoms with Gasteiger partial charge in [-0.05, 0) is 38.1 Å². The molecule has 134 valence electrons. The largest absolute Gasteiger partial charge is 0.368 e. The van der Waals surface area contributed by atoms with E-state index >= 15 is 0 Å². The van der Waals surface area contributed by atoms with Crippen LogP contribution >= 0.6 is 0 Å². The van der Waals surface area contributed by atoms with Gasteiger partial charge in [-0.2, -0.15) is 4.98 Å². The van der Waals surface area contributed by atoms with E-state index in [-0.39, 0.29) is 5.82 Å². The van der Waals surface area contributed by atoms with Crippen molar-refractivity contribution in [3.63, 3.8) is 0 Å². The number of hydrogen-bond acceptors (Lipinski definition) is 5. The Morgan fingerprint density at radius 2 is 1.96 bits per heavy atom. The summed E-state index contributed by atoms with van der Waals surface area (Å²) in [5.74, 6) is 1.76. The summed E-state index contributed by atoms with van der Waals surface area (Å²) < 4.78 is 18.2. The molecule has 1 aliphatic heterocycles. The van der Waals surface area contributed by atoms with Gasteiger partial charge < -0.3 is 19.6 Å². The SMILES string of the molecule is CCNC(=NCc1nc(C)no1)N1CCN(c2ccc(F)cc2)CC1. The highest BCUT2D eigenvalue weighted by Gasteiger charge is 2.20. The number of aliphatic imine (C=N–C) groups is 1. The minimum absolute atomic E-state index is 0.208. The maximum absolute atomic E-state index is 13.1. The second kappa shape index (κ2) is 7.96. The molecule has 1 aliphatic rings. The third-order valence-corrected chi connectivity index (χ3v) is 4.04. The molecule has 1 N–H and O–H groups in total. The van der Waals surface area contributed by atoms with Gasteiger partial charge in [-0.3, -0.25) is 0 Å². The first-order valence-electron chi connectivity index (χ1n) is 8.48. The average molecular weight is 346 g/mol. The lowest BCUT2D eigenvalue weighted by molar-refractivity contribution is 0.363. The highest BCUT2D eigenvalue weighted by atomic mass is 19.1. The van der Waals surface area contributed by atoms with Crippen LogP contribution in [0.15, 0.2) is 33.8 Å². The van der Waals surface area contributed by atoms with E-state index < -0.39 is 0 Å². The van der Waals surface area contributed by atoms with Gasteiger partial charge in [0.15, 0.2) is 11.8 Å². The molecule has 0 amide bonds. The summed E-state index contributed by atoms with van der Waals surface area (Å²) in [6.07, 6.45) is 0. The van der Waals surface area contributed by atoms with Crippen molar-refractivity contribution in [3.8, 4) is 0 Å². The van der Waals surface area contributed by atoms with Crippen molar-refractivity contribution in [2.24, 2.45) is 4.99 Å². The third kappa shape index (κ3) is 4.46. The number of guanidine groups is 1. The highest BCUT2D eigenvalue weighted by Crippen LogP contribution is 2.17. The highest BCUT2D eigenvalue weighted by molar-refractivity contribution is 5.80.